The summed E-state index contributed by atoms with van der Waals surface area (Å²) in [5, 5.41) is 0. The van der Waals surface area contributed by atoms with Gasteiger partial charge in [0.15, 0.2) is 0 Å². The molecule has 1 saturated heterocycles. The second-order valence-electron chi connectivity index (χ2n) is 6.50. The average molecular weight is 243 g/mol. The molecule has 1 amide bonds. The molecule has 2 nitrogen and oxygen atoms in total. The molecular formula is C16H21NO. The van der Waals surface area contributed by atoms with Crippen molar-refractivity contribution in [3.05, 3.63) is 35.9 Å². The van der Waals surface area contributed by atoms with E-state index in [4.69, 9.17) is 0 Å². The van der Waals surface area contributed by atoms with Crippen molar-refractivity contribution in [3.63, 3.8) is 0 Å². The Bertz CT molecular complexity index is 479. The number of piperidine rings is 1. The van der Waals surface area contributed by atoms with Crippen molar-refractivity contribution in [2.75, 3.05) is 0 Å². The van der Waals surface area contributed by atoms with E-state index in [0.29, 0.717) is 5.91 Å². The zero-order valence-electron chi connectivity index (χ0n) is 11.4. The molecule has 1 aromatic carbocycles. The van der Waals surface area contributed by atoms with Gasteiger partial charge >= 0.3 is 0 Å². The van der Waals surface area contributed by atoms with Gasteiger partial charge in [-0.15, -0.1) is 0 Å². The van der Waals surface area contributed by atoms with Crippen LogP contribution in [0.4, 0.5) is 0 Å². The number of hydrogen-bond acceptors (Lipinski definition) is 1. The fraction of sp³-hybridized carbons (Fsp3) is 0.562. The van der Waals surface area contributed by atoms with Crippen LogP contribution in [-0.2, 0) is 11.3 Å². The number of carbonyl (C=O) groups excluding carboxylic acids is 1. The SMILES string of the molecule is CC1(C)C2CCC1(C)N(Cc1ccccc1)C2=O. The minimum absolute atomic E-state index is 0.0323. The number of nitrogens with zero attached hydrogens (tertiary/aromatic N) is 1. The highest BCUT2D eigenvalue weighted by atomic mass is 16.2. The van der Waals surface area contributed by atoms with Crippen molar-refractivity contribution in [3.8, 4) is 0 Å². The van der Waals surface area contributed by atoms with E-state index in [2.05, 4.69) is 37.8 Å². The van der Waals surface area contributed by atoms with Gasteiger partial charge in [-0.05, 0) is 30.7 Å². The van der Waals surface area contributed by atoms with Crippen LogP contribution in [0.2, 0.25) is 0 Å². The summed E-state index contributed by atoms with van der Waals surface area (Å²) in [6, 6.07) is 10.3. The van der Waals surface area contributed by atoms with Gasteiger partial charge in [0.1, 0.15) is 0 Å². The lowest BCUT2D eigenvalue weighted by molar-refractivity contribution is -0.137. The Balaban J connectivity index is 1.93. The lowest BCUT2D eigenvalue weighted by Crippen LogP contribution is -2.48. The standard InChI is InChI=1S/C16H21NO/c1-15(2)13-9-10-16(15,3)17(14(13)18)11-12-7-5-4-6-8-12/h4-8,13H,9-11H2,1-3H3. The quantitative estimate of drug-likeness (QED) is 0.781. The largest absolute Gasteiger partial charge is 0.332 e. The summed E-state index contributed by atoms with van der Waals surface area (Å²) in [4.78, 5) is 14.6. The first-order valence-electron chi connectivity index (χ1n) is 6.82. The summed E-state index contributed by atoms with van der Waals surface area (Å²) in [7, 11) is 0. The summed E-state index contributed by atoms with van der Waals surface area (Å²) >= 11 is 0. The van der Waals surface area contributed by atoms with Crippen LogP contribution in [0.5, 0.6) is 0 Å². The number of fused-ring (bicyclic) bond motifs is 2. The Morgan fingerprint density at radius 2 is 1.89 bits per heavy atom. The molecule has 2 unspecified atom stereocenters. The third-order valence-electron chi connectivity index (χ3n) is 5.52. The van der Waals surface area contributed by atoms with E-state index in [1.54, 1.807) is 0 Å². The Kier molecular flexibility index (Phi) is 2.35. The first-order valence-corrected chi connectivity index (χ1v) is 6.82. The number of rotatable bonds is 2. The van der Waals surface area contributed by atoms with Crippen LogP contribution in [0.15, 0.2) is 30.3 Å². The van der Waals surface area contributed by atoms with Crippen LogP contribution in [0.1, 0.15) is 39.2 Å². The molecule has 1 aromatic rings. The van der Waals surface area contributed by atoms with Gasteiger partial charge in [0.25, 0.3) is 0 Å². The molecular weight excluding hydrogens is 222 g/mol. The lowest BCUT2D eigenvalue weighted by Gasteiger charge is -2.41. The van der Waals surface area contributed by atoms with Crippen LogP contribution in [0, 0.1) is 11.3 Å². The van der Waals surface area contributed by atoms with E-state index in [1.165, 1.54) is 5.56 Å². The number of amides is 1. The highest BCUT2D eigenvalue weighted by Gasteiger charge is 2.64. The second-order valence-corrected chi connectivity index (χ2v) is 6.50. The zero-order valence-corrected chi connectivity index (χ0v) is 11.4. The van der Waals surface area contributed by atoms with Crippen molar-refractivity contribution in [1.82, 2.24) is 4.90 Å². The molecule has 96 valence electrons. The minimum Gasteiger partial charge on any atom is -0.332 e. The molecule has 1 saturated carbocycles. The van der Waals surface area contributed by atoms with E-state index in [-0.39, 0.29) is 16.9 Å². The molecule has 0 spiro atoms. The van der Waals surface area contributed by atoms with Gasteiger partial charge in [-0.25, -0.2) is 0 Å². The van der Waals surface area contributed by atoms with Crippen LogP contribution >= 0.6 is 0 Å². The number of likely N-dealkylation sites (tertiary alicyclic amines) is 1. The summed E-state index contributed by atoms with van der Waals surface area (Å²) in [5.41, 5.74) is 1.37. The highest BCUT2D eigenvalue weighted by molar-refractivity contribution is 5.85. The van der Waals surface area contributed by atoms with Gasteiger partial charge < -0.3 is 4.90 Å². The molecule has 2 atom stereocenters. The maximum Gasteiger partial charge on any atom is 0.227 e. The summed E-state index contributed by atoms with van der Waals surface area (Å²) in [6.07, 6.45) is 2.21. The molecule has 2 heteroatoms. The van der Waals surface area contributed by atoms with Crippen LogP contribution < -0.4 is 0 Å². The topological polar surface area (TPSA) is 20.3 Å². The highest BCUT2D eigenvalue weighted by Crippen LogP contribution is 2.59. The summed E-state index contributed by atoms with van der Waals surface area (Å²) in [6.45, 7) is 7.54. The fourth-order valence-corrected chi connectivity index (χ4v) is 3.85. The van der Waals surface area contributed by atoms with Crippen molar-refractivity contribution in [1.29, 1.82) is 0 Å². The second kappa shape index (κ2) is 3.59. The maximum atomic E-state index is 12.5. The van der Waals surface area contributed by atoms with Gasteiger partial charge in [-0.2, -0.15) is 0 Å². The average Bonchev–Trinajstić information content (AvgIpc) is 2.65. The van der Waals surface area contributed by atoms with E-state index < -0.39 is 0 Å². The normalized spacial score (nSPS) is 33.2. The van der Waals surface area contributed by atoms with Gasteiger partial charge in [0.2, 0.25) is 5.91 Å². The van der Waals surface area contributed by atoms with E-state index >= 15 is 0 Å². The lowest BCUT2D eigenvalue weighted by atomic mass is 9.75. The van der Waals surface area contributed by atoms with Crippen LogP contribution in [0.3, 0.4) is 0 Å². The molecule has 2 aliphatic rings. The molecule has 0 aromatic heterocycles. The maximum absolute atomic E-state index is 12.5. The zero-order chi connectivity index (χ0) is 13.0. The predicted octanol–water partition coefficient (Wildman–Crippen LogP) is 3.22. The first-order chi connectivity index (χ1) is 8.47. The molecule has 2 fully saturated rings. The number of benzene rings is 1. The van der Waals surface area contributed by atoms with Crippen molar-refractivity contribution < 1.29 is 4.79 Å². The Labute approximate surface area is 109 Å². The molecule has 1 aliphatic carbocycles. The van der Waals surface area contributed by atoms with Crippen molar-refractivity contribution in [2.24, 2.45) is 11.3 Å². The van der Waals surface area contributed by atoms with Crippen molar-refractivity contribution in [2.45, 2.75) is 45.7 Å². The molecule has 0 N–H and O–H groups in total. The van der Waals surface area contributed by atoms with E-state index in [9.17, 15) is 4.79 Å². The predicted molar refractivity (Wildman–Crippen MR) is 71.9 cm³/mol. The monoisotopic (exact) mass is 243 g/mol. The van der Waals surface area contributed by atoms with Gasteiger partial charge in [-0.1, -0.05) is 44.2 Å². The third-order valence-corrected chi connectivity index (χ3v) is 5.52. The van der Waals surface area contributed by atoms with Crippen LogP contribution in [-0.4, -0.2) is 16.3 Å². The minimum atomic E-state index is 0.0323. The fourth-order valence-electron chi connectivity index (χ4n) is 3.85. The molecule has 2 bridgehead atoms. The molecule has 1 aliphatic heterocycles. The third kappa shape index (κ3) is 1.32. The Hall–Kier alpha value is -1.31. The van der Waals surface area contributed by atoms with E-state index in [1.807, 2.05) is 18.2 Å². The summed E-state index contributed by atoms with van der Waals surface area (Å²) in [5.74, 6) is 0.587. The smallest absolute Gasteiger partial charge is 0.227 e. The van der Waals surface area contributed by atoms with Gasteiger partial charge in [-0.3, -0.25) is 4.79 Å². The number of hydrogen-bond donors (Lipinski definition) is 0. The van der Waals surface area contributed by atoms with E-state index in [0.717, 1.165) is 19.4 Å². The summed E-state index contributed by atoms with van der Waals surface area (Å²) < 4.78 is 0. The van der Waals surface area contributed by atoms with Crippen LogP contribution in [0.25, 0.3) is 0 Å². The Morgan fingerprint density at radius 1 is 1.22 bits per heavy atom. The first kappa shape index (κ1) is 11.8. The van der Waals surface area contributed by atoms with Gasteiger partial charge in [0.05, 0.1) is 0 Å². The Morgan fingerprint density at radius 3 is 2.44 bits per heavy atom. The molecule has 1 heterocycles. The molecule has 3 rings (SSSR count). The van der Waals surface area contributed by atoms with Gasteiger partial charge in [0, 0.05) is 18.0 Å². The number of carbonyl (C=O) groups is 1. The molecule has 18 heavy (non-hydrogen) atoms. The molecule has 0 radical (unpaired) electrons. The van der Waals surface area contributed by atoms with Crippen molar-refractivity contribution >= 4 is 5.91 Å².